The molecule has 1 saturated heterocycles. The van der Waals surface area contributed by atoms with Gasteiger partial charge in [0.05, 0.1) is 30.3 Å². The molecule has 0 aliphatic carbocycles. The van der Waals surface area contributed by atoms with E-state index in [0.29, 0.717) is 37.9 Å². The summed E-state index contributed by atoms with van der Waals surface area (Å²) in [5, 5.41) is 7.62. The molecule has 2 amide bonds. The van der Waals surface area contributed by atoms with Crippen molar-refractivity contribution >= 4 is 23.2 Å². The second-order valence-electron chi connectivity index (χ2n) is 6.28. The summed E-state index contributed by atoms with van der Waals surface area (Å²) in [6.07, 6.45) is 3.33. The first kappa shape index (κ1) is 18.5. The van der Waals surface area contributed by atoms with Crippen molar-refractivity contribution in [1.82, 2.24) is 20.6 Å². The normalized spacial score (nSPS) is 14.1. The minimum absolute atomic E-state index is 0.259. The molecule has 0 unspecified atom stereocenters. The quantitative estimate of drug-likeness (QED) is 0.662. The number of ether oxygens (including phenoxy) is 1. The number of morpholine rings is 1. The van der Waals surface area contributed by atoms with Gasteiger partial charge in [0.1, 0.15) is 12.1 Å². The van der Waals surface area contributed by atoms with Crippen molar-refractivity contribution in [2.75, 3.05) is 31.2 Å². The zero-order chi connectivity index (χ0) is 19.2. The van der Waals surface area contributed by atoms with Crippen molar-refractivity contribution in [3.8, 4) is 10.8 Å². The Morgan fingerprint density at radius 1 is 1.21 bits per heavy atom. The fourth-order valence-corrected chi connectivity index (χ4v) is 3.51. The summed E-state index contributed by atoms with van der Waals surface area (Å²) in [6, 6.07) is 7.52. The molecule has 4 rings (SSSR count). The van der Waals surface area contributed by atoms with Gasteiger partial charge in [0.15, 0.2) is 0 Å². The predicted octanol–water partition coefficient (Wildman–Crippen LogP) is 2.63. The van der Waals surface area contributed by atoms with E-state index in [1.54, 1.807) is 23.8 Å². The number of urea groups is 1. The monoisotopic (exact) mass is 399 g/mol. The van der Waals surface area contributed by atoms with Crippen LogP contribution in [0.25, 0.3) is 10.8 Å². The van der Waals surface area contributed by atoms with Gasteiger partial charge in [-0.25, -0.2) is 14.8 Å². The Balaban J connectivity index is 1.25. The van der Waals surface area contributed by atoms with Crippen LogP contribution in [-0.2, 0) is 17.8 Å². The van der Waals surface area contributed by atoms with Crippen molar-refractivity contribution in [2.45, 2.75) is 13.1 Å². The number of amides is 2. The molecule has 3 aromatic heterocycles. The second-order valence-corrected chi connectivity index (χ2v) is 7.23. The molecule has 0 atom stereocenters. The van der Waals surface area contributed by atoms with E-state index >= 15 is 0 Å². The largest absolute Gasteiger partial charge is 0.443 e. The van der Waals surface area contributed by atoms with Gasteiger partial charge in [0, 0.05) is 25.8 Å². The zero-order valence-corrected chi connectivity index (χ0v) is 16.1. The van der Waals surface area contributed by atoms with Gasteiger partial charge in [0.25, 0.3) is 0 Å². The minimum atomic E-state index is -0.259. The summed E-state index contributed by atoms with van der Waals surface area (Å²) in [7, 11) is 0. The molecule has 0 aromatic carbocycles. The molecule has 28 heavy (non-hydrogen) atoms. The summed E-state index contributed by atoms with van der Waals surface area (Å²) in [4.78, 5) is 24.0. The summed E-state index contributed by atoms with van der Waals surface area (Å²) in [5.74, 6) is 1.48. The molecule has 8 nitrogen and oxygen atoms in total. The highest BCUT2D eigenvalue weighted by atomic mass is 32.1. The van der Waals surface area contributed by atoms with Crippen LogP contribution in [0.5, 0.6) is 0 Å². The summed E-state index contributed by atoms with van der Waals surface area (Å²) in [5.41, 5.74) is 1.67. The van der Waals surface area contributed by atoms with E-state index in [1.165, 1.54) is 0 Å². The van der Waals surface area contributed by atoms with Crippen LogP contribution in [0.3, 0.4) is 0 Å². The highest BCUT2D eigenvalue weighted by Gasteiger charge is 2.13. The van der Waals surface area contributed by atoms with Gasteiger partial charge in [0.2, 0.25) is 5.89 Å². The number of nitrogens with one attached hydrogen (secondary N) is 2. The lowest BCUT2D eigenvalue weighted by molar-refractivity contribution is 0.122. The standard InChI is InChI=1S/C19H21N5O3S/c25-19(22-12-15-13-27-18(23-15)16-2-1-9-28-16)21-11-14-3-4-20-17(10-14)24-5-7-26-8-6-24/h1-4,9-10,13H,5-8,11-12H2,(H2,21,22,25). The fourth-order valence-electron chi connectivity index (χ4n) is 2.85. The van der Waals surface area contributed by atoms with Crippen LogP contribution in [0, 0.1) is 0 Å². The number of rotatable bonds is 6. The van der Waals surface area contributed by atoms with Crippen LogP contribution in [0.4, 0.5) is 10.6 Å². The van der Waals surface area contributed by atoms with Crippen LogP contribution >= 0.6 is 11.3 Å². The number of thiophene rings is 1. The van der Waals surface area contributed by atoms with Crippen molar-refractivity contribution in [3.63, 3.8) is 0 Å². The lowest BCUT2D eigenvalue weighted by Crippen LogP contribution is -2.37. The highest BCUT2D eigenvalue weighted by molar-refractivity contribution is 7.13. The number of nitrogens with zero attached hydrogens (tertiary/aromatic N) is 3. The van der Waals surface area contributed by atoms with E-state index in [1.807, 2.05) is 29.6 Å². The van der Waals surface area contributed by atoms with Crippen LogP contribution in [0.15, 0.2) is 46.5 Å². The van der Waals surface area contributed by atoms with Crippen molar-refractivity contribution in [2.24, 2.45) is 0 Å². The van der Waals surface area contributed by atoms with Crippen LogP contribution in [-0.4, -0.2) is 42.3 Å². The molecule has 0 spiro atoms. The lowest BCUT2D eigenvalue weighted by Gasteiger charge is -2.28. The molecule has 146 valence electrons. The van der Waals surface area contributed by atoms with E-state index in [2.05, 4.69) is 25.5 Å². The maximum atomic E-state index is 12.1. The average Bonchev–Trinajstić information content (AvgIpc) is 3.43. The first-order valence-electron chi connectivity index (χ1n) is 9.05. The molecule has 0 bridgehead atoms. The Morgan fingerprint density at radius 3 is 2.89 bits per heavy atom. The summed E-state index contributed by atoms with van der Waals surface area (Å²) in [6.45, 7) is 3.80. The third kappa shape index (κ3) is 4.68. The lowest BCUT2D eigenvalue weighted by atomic mass is 10.2. The van der Waals surface area contributed by atoms with E-state index in [-0.39, 0.29) is 6.03 Å². The van der Waals surface area contributed by atoms with E-state index in [4.69, 9.17) is 9.15 Å². The molecule has 4 heterocycles. The molecule has 0 radical (unpaired) electrons. The highest BCUT2D eigenvalue weighted by Crippen LogP contribution is 2.23. The van der Waals surface area contributed by atoms with Gasteiger partial charge in [-0.2, -0.15) is 0 Å². The van der Waals surface area contributed by atoms with Crippen molar-refractivity contribution in [1.29, 1.82) is 0 Å². The maximum absolute atomic E-state index is 12.1. The van der Waals surface area contributed by atoms with Gasteiger partial charge in [-0.1, -0.05) is 6.07 Å². The molecule has 3 aromatic rings. The van der Waals surface area contributed by atoms with Gasteiger partial charge in [-0.3, -0.25) is 0 Å². The number of oxazole rings is 1. The Kier molecular flexibility index (Phi) is 5.83. The van der Waals surface area contributed by atoms with Crippen molar-refractivity contribution < 1.29 is 13.9 Å². The van der Waals surface area contributed by atoms with E-state index < -0.39 is 0 Å². The maximum Gasteiger partial charge on any atom is 0.315 e. The minimum Gasteiger partial charge on any atom is -0.443 e. The number of carbonyl (C=O) groups excluding carboxylic acids is 1. The molecule has 0 saturated carbocycles. The van der Waals surface area contributed by atoms with Crippen LogP contribution in [0.2, 0.25) is 0 Å². The molecule has 1 fully saturated rings. The van der Waals surface area contributed by atoms with E-state index in [0.717, 1.165) is 29.3 Å². The first-order chi connectivity index (χ1) is 13.8. The van der Waals surface area contributed by atoms with Crippen LogP contribution < -0.4 is 15.5 Å². The third-order valence-electron chi connectivity index (χ3n) is 4.31. The van der Waals surface area contributed by atoms with Gasteiger partial charge in [-0.15, -0.1) is 11.3 Å². The average molecular weight is 399 g/mol. The fraction of sp³-hybridized carbons (Fsp3) is 0.316. The molecule has 1 aliphatic rings. The SMILES string of the molecule is O=C(NCc1ccnc(N2CCOCC2)c1)NCc1coc(-c2cccs2)n1. The smallest absolute Gasteiger partial charge is 0.315 e. The Labute approximate surface area is 166 Å². The first-order valence-corrected chi connectivity index (χ1v) is 9.93. The van der Waals surface area contributed by atoms with Crippen molar-refractivity contribution in [3.05, 3.63) is 53.4 Å². The molecular weight excluding hydrogens is 378 g/mol. The number of aromatic nitrogens is 2. The van der Waals surface area contributed by atoms with Crippen LogP contribution in [0.1, 0.15) is 11.3 Å². The molecule has 2 N–H and O–H groups in total. The second kappa shape index (κ2) is 8.85. The molecular formula is C19H21N5O3S. The Hall–Kier alpha value is -2.91. The number of carbonyl (C=O) groups is 1. The van der Waals surface area contributed by atoms with Gasteiger partial charge >= 0.3 is 6.03 Å². The van der Waals surface area contributed by atoms with Gasteiger partial charge in [-0.05, 0) is 29.1 Å². The topological polar surface area (TPSA) is 92.5 Å². The molecule has 9 heteroatoms. The summed E-state index contributed by atoms with van der Waals surface area (Å²) < 4.78 is 10.8. The molecule has 1 aliphatic heterocycles. The zero-order valence-electron chi connectivity index (χ0n) is 15.3. The summed E-state index contributed by atoms with van der Waals surface area (Å²) >= 11 is 1.56. The number of hydrogen-bond acceptors (Lipinski definition) is 7. The number of hydrogen-bond donors (Lipinski definition) is 2. The predicted molar refractivity (Wildman–Crippen MR) is 106 cm³/mol. The van der Waals surface area contributed by atoms with E-state index in [9.17, 15) is 4.79 Å². The Morgan fingerprint density at radius 2 is 2.07 bits per heavy atom. The number of anilines is 1. The number of pyridine rings is 1. The Bertz CT molecular complexity index is 906. The van der Waals surface area contributed by atoms with Gasteiger partial charge < -0.3 is 24.7 Å². The third-order valence-corrected chi connectivity index (χ3v) is 5.17.